The topological polar surface area (TPSA) is 46.0 Å². The summed E-state index contributed by atoms with van der Waals surface area (Å²) in [6.45, 7) is 0. The van der Waals surface area contributed by atoms with Crippen LogP contribution in [0.1, 0.15) is 0 Å². The highest BCUT2D eigenvalue weighted by Crippen LogP contribution is 2.26. The van der Waals surface area contributed by atoms with Crippen molar-refractivity contribution in [1.29, 1.82) is 0 Å². The van der Waals surface area contributed by atoms with Crippen molar-refractivity contribution in [2.45, 2.75) is 10.1 Å². The summed E-state index contributed by atoms with van der Waals surface area (Å²) in [4.78, 5) is 5.19. The molecule has 0 unspecified atom stereocenters. The largest absolute Gasteiger partial charge is 0.254 e. The molecule has 0 aliphatic carbocycles. The lowest BCUT2D eigenvalue weighted by atomic mass is 10.3. The molecule has 2 aromatic carbocycles. The van der Waals surface area contributed by atoms with Crippen molar-refractivity contribution in [2.24, 2.45) is 0 Å². The third-order valence-corrected chi connectivity index (χ3v) is 5.66. The number of rotatable bonds is 5. The van der Waals surface area contributed by atoms with E-state index in [1.165, 1.54) is 17.8 Å². The van der Waals surface area contributed by atoms with Crippen LogP contribution >= 0.6 is 23.5 Å². The van der Waals surface area contributed by atoms with Crippen LogP contribution in [0.15, 0.2) is 58.6 Å². The van der Waals surface area contributed by atoms with Crippen molar-refractivity contribution >= 4 is 40.3 Å². The van der Waals surface area contributed by atoms with Crippen molar-refractivity contribution in [3.63, 3.8) is 0 Å². The molecule has 0 aliphatic heterocycles. The van der Waals surface area contributed by atoms with Crippen molar-refractivity contribution in [3.05, 3.63) is 54.3 Å². The molecule has 2 heterocycles. The Bertz CT molecular complexity index is 963. The van der Waals surface area contributed by atoms with Crippen LogP contribution in [-0.2, 0) is 0 Å². The number of imidazole rings is 1. The molecule has 0 saturated carbocycles. The monoisotopic (exact) mass is 344 g/mol. The van der Waals surface area contributed by atoms with Crippen molar-refractivity contribution in [2.75, 3.05) is 11.5 Å². The summed E-state index contributed by atoms with van der Waals surface area (Å²) in [6, 6.07) is 14.8. The Balaban J connectivity index is 1.47. The Kier molecular flexibility index (Phi) is 3.97. The number of H-pyrrole nitrogens is 1. The molecule has 0 bridgehead atoms. The maximum absolute atomic E-state index is 13.6. The Labute approximate surface area is 140 Å². The van der Waals surface area contributed by atoms with Crippen LogP contribution < -0.4 is 0 Å². The molecule has 116 valence electrons. The number of para-hydroxylation sites is 2. The number of nitrogens with one attached hydrogen (secondary N) is 1. The lowest BCUT2D eigenvalue weighted by Crippen LogP contribution is -1.90. The Morgan fingerprint density at radius 2 is 1.78 bits per heavy atom. The smallest absolute Gasteiger partial charge is 0.231 e. The van der Waals surface area contributed by atoms with Crippen LogP contribution in [0.4, 0.5) is 4.39 Å². The van der Waals surface area contributed by atoms with Gasteiger partial charge in [0, 0.05) is 16.4 Å². The van der Waals surface area contributed by atoms with E-state index in [0.717, 1.165) is 33.5 Å². The summed E-state index contributed by atoms with van der Waals surface area (Å²) >= 11 is 3.16. The van der Waals surface area contributed by atoms with E-state index in [1.54, 1.807) is 23.9 Å². The number of fused-ring (bicyclic) bond motifs is 3. The molecule has 4 nitrogen and oxygen atoms in total. The number of aromatic amines is 1. The zero-order valence-corrected chi connectivity index (χ0v) is 13.7. The lowest BCUT2D eigenvalue weighted by molar-refractivity contribution is 0.602. The first-order valence-corrected chi connectivity index (χ1v) is 9.12. The maximum Gasteiger partial charge on any atom is 0.231 e. The molecular weight excluding hydrogens is 331 g/mol. The van der Waals surface area contributed by atoms with E-state index in [1.807, 2.05) is 34.7 Å². The number of halogens is 1. The van der Waals surface area contributed by atoms with Gasteiger partial charge in [0.05, 0.1) is 11.0 Å². The normalized spacial score (nSPS) is 11.5. The summed E-state index contributed by atoms with van der Waals surface area (Å²) in [7, 11) is 0. The van der Waals surface area contributed by atoms with E-state index in [2.05, 4.69) is 15.2 Å². The second kappa shape index (κ2) is 6.25. The second-order valence-electron chi connectivity index (χ2n) is 4.89. The molecule has 0 radical (unpaired) electrons. The van der Waals surface area contributed by atoms with Gasteiger partial charge in [0.2, 0.25) is 5.78 Å². The minimum absolute atomic E-state index is 0.162. The van der Waals surface area contributed by atoms with Gasteiger partial charge in [0.1, 0.15) is 5.82 Å². The first kappa shape index (κ1) is 14.6. The van der Waals surface area contributed by atoms with Gasteiger partial charge >= 0.3 is 0 Å². The van der Waals surface area contributed by atoms with Gasteiger partial charge in [-0.15, -0.1) is 16.9 Å². The number of aromatic nitrogens is 4. The molecule has 0 aliphatic rings. The fraction of sp³-hybridized carbons (Fsp3) is 0.125. The van der Waals surface area contributed by atoms with Gasteiger partial charge in [-0.05, 0) is 24.3 Å². The van der Waals surface area contributed by atoms with Crippen molar-refractivity contribution < 1.29 is 4.39 Å². The van der Waals surface area contributed by atoms with E-state index >= 15 is 0 Å². The SMILES string of the molecule is Fc1ccccc1SCCSc1n[nH]c2nc3ccccc3n12. The summed E-state index contributed by atoms with van der Waals surface area (Å²) < 4.78 is 15.6. The highest BCUT2D eigenvalue weighted by atomic mass is 32.2. The lowest BCUT2D eigenvalue weighted by Gasteiger charge is -2.02. The minimum Gasteiger partial charge on any atom is -0.254 e. The third-order valence-electron chi connectivity index (χ3n) is 3.41. The molecule has 4 rings (SSSR count). The summed E-state index contributed by atoms with van der Waals surface area (Å²) in [5.74, 6) is 2.23. The quantitative estimate of drug-likeness (QED) is 0.435. The zero-order valence-electron chi connectivity index (χ0n) is 12.1. The van der Waals surface area contributed by atoms with E-state index in [4.69, 9.17) is 0 Å². The third kappa shape index (κ3) is 2.82. The van der Waals surface area contributed by atoms with Gasteiger partial charge in [0.25, 0.3) is 0 Å². The Morgan fingerprint density at radius 3 is 2.70 bits per heavy atom. The van der Waals surface area contributed by atoms with Gasteiger partial charge in [0.15, 0.2) is 5.16 Å². The summed E-state index contributed by atoms with van der Waals surface area (Å²) in [5.41, 5.74) is 1.99. The number of hydrogen-bond acceptors (Lipinski definition) is 4. The molecule has 4 aromatic rings. The standard InChI is InChI=1S/C16H13FN4S2/c17-11-5-1-4-8-14(11)22-9-10-23-16-20-19-15-18-12-6-2-3-7-13(12)21(15)16/h1-8H,9-10H2,(H,18,19). The number of nitrogens with zero attached hydrogens (tertiary/aromatic N) is 3. The highest BCUT2D eigenvalue weighted by molar-refractivity contribution is 8.02. The molecule has 23 heavy (non-hydrogen) atoms. The molecule has 0 fully saturated rings. The van der Waals surface area contributed by atoms with Crippen LogP contribution in [0.25, 0.3) is 16.8 Å². The average molecular weight is 344 g/mol. The van der Waals surface area contributed by atoms with E-state index in [9.17, 15) is 4.39 Å². The van der Waals surface area contributed by atoms with Crippen LogP contribution in [-0.4, -0.2) is 31.1 Å². The zero-order chi connectivity index (χ0) is 15.6. The van der Waals surface area contributed by atoms with E-state index in [0.29, 0.717) is 4.90 Å². The van der Waals surface area contributed by atoms with Gasteiger partial charge in [-0.1, -0.05) is 36.0 Å². The fourth-order valence-electron chi connectivity index (χ4n) is 2.39. The van der Waals surface area contributed by atoms with Gasteiger partial charge in [-0.3, -0.25) is 4.40 Å². The molecule has 7 heteroatoms. The van der Waals surface area contributed by atoms with E-state index < -0.39 is 0 Å². The van der Waals surface area contributed by atoms with Crippen molar-refractivity contribution in [1.82, 2.24) is 19.6 Å². The molecule has 0 spiro atoms. The van der Waals surface area contributed by atoms with Crippen LogP contribution in [0.3, 0.4) is 0 Å². The number of thioether (sulfide) groups is 2. The molecular formula is C16H13FN4S2. The van der Waals surface area contributed by atoms with E-state index in [-0.39, 0.29) is 5.82 Å². The maximum atomic E-state index is 13.6. The van der Waals surface area contributed by atoms with Crippen LogP contribution in [0.5, 0.6) is 0 Å². The fourth-order valence-corrected chi connectivity index (χ4v) is 4.26. The van der Waals surface area contributed by atoms with Crippen LogP contribution in [0, 0.1) is 5.82 Å². The van der Waals surface area contributed by atoms with Gasteiger partial charge in [-0.2, -0.15) is 0 Å². The second-order valence-corrected chi connectivity index (χ2v) is 7.09. The summed E-state index contributed by atoms with van der Waals surface area (Å²) in [6.07, 6.45) is 0. The highest BCUT2D eigenvalue weighted by Gasteiger charge is 2.11. The first-order valence-electron chi connectivity index (χ1n) is 7.14. The molecule has 0 saturated heterocycles. The van der Waals surface area contributed by atoms with Crippen molar-refractivity contribution in [3.8, 4) is 0 Å². The number of hydrogen-bond donors (Lipinski definition) is 1. The predicted octanol–water partition coefficient (Wildman–Crippen LogP) is 4.23. The average Bonchev–Trinajstić information content (AvgIpc) is 3.12. The number of benzene rings is 2. The Hall–Kier alpha value is -1.99. The molecule has 0 amide bonds. The van der Waals surface area contributed by atoms with Crippen LogP contribution in [0.2, 0.25) is 0 Å². The molecule has 0 atom stereocenters. The van der Waals surface area contributed by atoms with Gasteiger partial charge in [-0.25, -0.2) is 14.5 Å². The molecule has 2 aromatic heterocycles. The first-order chi connectivity index (χ1) is 11.3. The Morgan fingerprint density at radius 1 is 1.00 bits per heavy atom. The minimum atomic E-state index is -0.162. The van der Waals surface area contributed by atoms with Gasteiger partial charge < -0.3 is 0 Å². The predicted molar refractivity (Wildman–Crippen MR) is 92.7 cm³/mol. The molecule has 1 N–H and O–H groups in total. The summed E-state index contributed by atoms with van der Waals surface area (Å²) in [5, 5.41) is 8.16.